The summed E-state index contributed by atoms with van der Waals surface area (Å²) in [7, 11) is 0. The van der Waals surface area contributed by atoms with Crippen molar-refractivity contribution in [3.8, 4) is 0 Å². The number of hydrogen-bond donors (Lipinski definition) is 2. The summed E-state index contributed by atoms with van der Waals surface area (Å²) in [5.41, 5.74) is 6.87. The van der Waals surface area contributed by atoms with Gasteiger partial charge >= 0.3 is 0 Å². The summed E-state index contributed by atoms with van der Waals surface area (Å²) in [4.78, 5) is 19.0. The van der Waals surface area contributed by atoms with Crippen molar-refractivity contribution in [3.63, 3.8) is 0 Å². The summed E-state index contributed by atoms with van der Waals surface area (Å²) in [5.74, 6) is -0.131. The maximum absolute atomic E-state index is 12.5. The molecule has 134 valence electrons. The van der Waals surface area contributed by atoms with Gasteiger partial charge in [0.25, 0.3) is 5.91 Å². The molecule has 0 atom stereocenters. The van der Waals surface area contributed by atoms with Crippen molar-refractivity contribution < 1.29 is 9.53 Å². The number of nitrogens with one attached hydrogen (secondary N) is 1. The van der Waals surface area contributed by atoms with Crippen molar-refractivity contribution in [2.24, 2.45) is 0 Å². The molecule has 3 rings (SSSR count). The summed E-state index contributed by atoms with van der Waals surface area (Å²) in [5, 5.41) is 3.11. The Balaban J connectivity index is 0.00000208. The number of carbonyl (C=O) groups is 1. The lowest BCUT2D eigenvalue weighted by atomic mass is 9.79. The Kier molecular flexibility index (Phi) is 6.83. The summed E-state index contributed by atoms with van der Waals surface area (Å²) in [6.07, 6.45) is 9.14. The van der Waals surface area contributed by atoms with Crippen molar-refractivity contribution in [2.75, 3.05) is 38.6 Å². The number of rotatable bonds is 4. The molecule has 3 N–H and O–H groups in total. The van der Waals surface area contributed by atoms with E-state index in [1.54, 1.807) is 12.3 Å². The number of ether oxygens (including phenoxy) is 1. The average Bonchev–Trinajstić information content (AvgIpc) is 2.62. The van der Waals surface area contributed by atoms with Crippen molar-refractivity contribution in [1.82, 2.24) is 15.2 Å². The number of anilines is 1. The molecule has 0 aromatic carbocycles. The fourth-order valence-corrected chi connectivity index (χ4v) is 3.79. The molecule has 1 amide bonds. The molecule has 1 saturated heterocycles. The summed E-state index contributed by atoms with van der Waals surface area (Å²) in [6.45, 7) is 4.13. The van der Waals surface area contributed by atoms with Gasteiger partial charge in [0, 0.05) is 43.3 Å². The molecular formula is C17H27ClN4O2. The first-order valence-corrected chi connectivity index (χ1v) is 8.52. The first kappa shape index (κ1) is 19.0. The highest BCUT2D eigenvalue weighted by atomic mass is 35.5. The molecule has 0 unspecified atom stereocenters. The second-order valence-corrected chi connectivity index (χ2v) is 6.53. The first-order valence-electron chi connectivity index (χ1n) is 8.52. The van der Waals surface area contributed by atoms with Gasteiger partial charge in [-0.05, 0) is 18.9 Å². The minimum atomic E-state index is -0.131. The molecule has 2 aliphatic rings. The zero-order valence-electron chi connectivity index (χ0n) is 14.0. The van der Waals surface area contributed by atoms with Gasteiger partial charge < -0.3 is 15.8 Å². The largest absolute Gasteiger partial charge is 0.398 e. The third-order valence-corrected chi connectivity index (χ3v) is 5.14. The highest BCUT2D eigenvalue weighted by molar-refractivity contribution is 5.98. The van der Waals surface area contributed by atoms with Gasteiger partial charge in [-0.2, -0.15) is 0 Å². The molecule has 1 aliphatic heterocycles. The second kappa shape index (κ2) is 8.65. The summed E-state index contributed by atoms with van der Waals surface area (Å²) in [6, 6.07) is 1.66. The number of nitrogen functional groups attached to an aromatic ring is 1. The number of morpholine rings is 1. The van der Waals surface area contributed by atoms with Crippen LogP contribution >= 0.6 is 12.4 Å². The molecule has 7 heteroatoms. The maximum atomic E-state index is 12.5. The van der Waals surface area contributed by atoms with Crippen LogP contribution in [0.5, 0.6) is 0 Å². The average molecular weight is 355 g/mol. The highest BCUT2D eigenvalue weighted by Gasteiger charge is 2.38. The lowest BCUT2D eigenvalue weighted by molar-refractivity contribution is -0.0361. The van der Waals surface area contributed by atoms with Crippen LogP contribution < -0.4 is 11.1 Å². The minimum Gasteiger partial charge on any atom is -0.398 e. The second-order valence-electron chi connectivity index (χ2n) is 6.53. The van der Waals surface area contributed by atoms with Gasteiger partial charge in [0.2, 0.25) is 0 Å². The van der Waals surface area contributed by atoms with E-state index in [-0.39, 0.29) is 23.9 Å². The van der Waals surface area contributed by atoms with Gasteiger partial charge in [0.05, 0.1) is 18.8 Å². The molecule has 1 aromatic heterocycles. The Morgan fingerprint density at radius 3 is 2.67 bits per heavy atom. The number of halogens is 1. The number of hydrogen-bond acceptors (Lipinski definition) is 5. The molecule has 1 aliphatic carbocycles. The van der Waals surface area contributed by atoms with Crippen molar-refractivity contribution >= 4 is 24.0 Å². The van der Waals surface area contributed by atoms with Crippen LogP contribution in [0.3, 0.4) is 0 Å². The van der Waals surface area contributed by atoms with Crippen LogP contribution in [0.4, 0.5) is 5.69 Å². The lowest BCUT2D eigenvalue weighted by Gasteiger charge is -2.48. The molecule has 0 radical (unpaired) electrons. The van der Waals surface area contributed by atoms with Gasteiger partial charge in [-0.25, -0.2) is 0 Å². The van der Waals surface area contributed by atoms with E-state index in [2.05, 4.69) is 15.2 Å². The Morgan fingerprint density at radius 2 is 2.00 bits per heavy atom. The Labute approximate surface area is 149 Å². The summed E-state index contributed by atoms with van der Waals surface area (Å²) >= 11 is 0. The molecule has 0 spiro atoms. The molecule has 0 bridgehead atoms. The van der Waals surface area contributed by atoms with Gasteiger partial charge in [-0.15, -0.1) is 12.4 Å². The fourth-order valence-electron chi connectivity index (χ4n) is 3.79. The number of carbonyl (C=O) groups excluding carboxylic acids is 1. The zero-order valence-corrected chi connectivity index (χ0v) is 14.8. The van der Waals surface area contributed by atoms with Crippen LogP contribution in [0.2, 0.25) is 0 Å². The van der Waals surface area contributed by atoms with Crippen LogP contribution in [-0.2, 0) is 4.74 Å². The molecule has 24 heavy (non-hydrogen) atoms. The molecule has 6 nitrogen and oxygen atoms in total. The number of nitrogens with two attached hydrogens (primary N) is 1. The van der Waals surface area contributed by atoms with E-state index in [0.717, 1.165) is 39.1 Å². The quantitative estimate of drug-likeness (QED) is 0.862. The van der Waals surface area contributed by atoms with E-state index in [1.165, 1.54) is 25.5 Å². The third kappa shape index (κ3) is 4.18. The monoisotopic (exact) mass is 354 g/mol. The highest BCUT2D eigenvalue weighted by Crippen LogP contribution is 2.34. The van der Waals surface area contributed by atoms with Crippen LogP contribution in [0.1, 0.15) is 42.5 Å². The van der Waals surface area contributed by atoms with Gasteiger partial charge in [0.15, 0.2) is 0 Å². The van der Waals surface area contributed by atoms with Crippen molar-refractivity contribution in [2.45, 2.75) is 37.6 Å². The molecule has 2 fully saturated rings. The standard InChI is InChI=1S/C17H26N4O2.ClH/c18-15-4-7-19-12-14(15)16(22)20-13-17(5-2-1-3-6-17)21-8-10-23-11-9-21;/h4,7,12H,1-3,5-6,8-11,13H2,(H2,18,19)(H,20,22);1H. The fraction of sp³-hybridized carbons (Fsp3) is 0.647. The first-order chi connectivity index (χ1) is 11.2. The number of amides is 1. The Morgan fingerprint density at radius 1 is 1.29 bits per heavy atom. The zero-order chi connectivity index (χ0) is 16.1. The topological polar surface area (TPSA) is 80.5 Å². The van der Waals surface area contributed by atoms with Crippen LogP contribution in [-0.4, -0.2) is 54.2 Å². The minimum absolute atomic E-state index is 0. The van der Waals surface area contributed by atoms with Gasteiger partial charge in [0.1, 0.15) is 0 Å². The molecular weight excluding hydrogens is 328 g/mol. The third-order valence-electron chi connectivity index (χ3n) is 5.14. The number of pyridine rings is 1. The smallest absolute Gasteiger partial charge is 0.255 e. The summed E-state index contributed by atoms with van der Waals surface area (Å²) < 4.78 is 5.49. The van der Waals surface area contributed by atoms with Crippen LogP contribution in [0.15, 0.2) is 18.5 Å². The van der Waals surface area contributed by atoms with Crippen molar-refractivity contribution in [3.05, 3.63) is 24.0 Å². The SMILES string of the molecule is Cl.Nc1ccncc1C(=O)NCC1(N2CCOCC2)CCCCC1. The van der Waals surface area contributed by atoms with E-state index >= 15 is 0 Å². The van der Waals surface area contributed by atoms with E-state index in [4.69, 9.17) is 10.5 Å². The van der Waals surface area contributed by atoms with Crippen molar-refractivity contribution in [1.29, 1.82) is 0 Å². The van der Waals surface area contributed by atoms with Crippen LogP contribution in [0, 0.1) is 0 Å². The van der Waals surface area contributed by atoms with E-state index in [0.29, 0.717) is 17.8 Å². The van der Waals surface area contributed by atoms with Gasteiger partial charge in [-0.3, -0.25) is 14.7 Å². The molecule has 1 saturated carbocycles. The van der Waals surface area contributed by atoms with E-state index < -0.39 is 0 Å². The lowest BCUT2D eigenvalue weighted by Crippen LogP contribution is -2.59. The number of aromatic nitrogens is 1. The predicted octanol–water partition coefficient (Wildman–Crippen LogP) is 1.85. The normalized spacial score (nSPS) is 20.8. The Hall–Kier alpha value is -1.37. The predicted molar refractivity (Wildman–Crippen MR) is 96.4 cm³/mol. The molecule has 1 aromatic rings. The van der Waals surface area contributed by atoms with Crippen LogP contribution in [0.25, 0.3) is 0 Å². The molecule has 2 heterocycles. The number of nitrogens with zero attached hydrogens (tertiary/aromatic N) is 2. The van der Waals surface area contributed by atoms with E-state index in [1.807, 2.05) is 0 Å². The van der Waals surface area contributed by atoms with Gasteiger partial charge in [-0.1, -0.05) is 19.3 Å². The Bertz CT molecular complexity index is 543. The van der Waals surface area contributed by atoms with E-state index in [9.17, 15) is 4.79 Å². The maximum Gasteiger partial charge on any atom is 0.255 e.